The number of aromatic nitrogens is 2. The average Bonchev–Trinajstić information content (AvgIpc) is 2.55. The number of aryl methyl sites for hydroxylation is 1. The zero-order chi connectivity index (χ0) is 16.2. The van der Waals surface area contributed by atoms with Gasteiger partial charge in [0.05, 0.1) is 12.1 Å². The molecule has 2 aromatic rings. The summed E-state index contributed by atoms with van der Waals surface area (Å²) < 4.78 is 0. The van der Waals surface area contributed by atoms with Gasteiger partial charge in [0, 0.05) is 31.2 Å². The van der Waals surface area contributed by atoms with E-state index in [0.29, 0.717) is 18.8 Å². The normalized spacial score (nSPS) is 14.2. The largest absolute Gasteiger partial charge is 0.336 e. The van der Waals surface area contributed by atoms with Gasteiger partial charge in [-0.3, -0.25) is 14.6 Å². The monoisotopic (exact) mass is 310 g/mol. The molecular formula is C17H18N4O2. The molecule has 3 rings (SSSR count). The Labute approximate surface area is 134 Å². The van der Waals surface area contributed by atoms with Crippen LogP contribution in [0.3, 0.4) is 0 Å². The summed E-state index contributed by atoms with van der Waals surface area (Å²) in [5.41, 5.74) is 2.32. The van der Waals surface area contributed by atoms with Gasteiger partial charge in [0.1, 0.15) is 5.69 Å². The van der Waals surface area contributed by atoms with Gasteiger partial charge in [0.25, 0.3) is 5.91 Å². The maximum atomic E-state index is 12.2. The number of hydrogen-bond acceptors (Lipinski definition) is 4. The Morgan fingerprint density at radius 2 is 1.96 bits per heavy atom. The standard InChI is InChI=1S/C17H18N4O2/c1-2-12-3-5-14(6-4-12)20-16(22)13-10-21(11-13)17(23)15-9-18-7-8-19-15/h3-9,13H,2,10-11H2,1H3,(H,20,22). The van der Waals surface area contributed by atoms with Crippen molar-refractivity contribution in [3.05, 3.63) is 54.1 Å². The van der Waals surface area contributed by atoms with E-state index >= 15 is 0 Å². The minimum absolute atomic E-state index is 0.0579. The van der Waals surface area contributed by atoms with Gasteiger partial charge in [-0.1, -0.05) is 19.1 Å². The third-order valence-electron chi connectivity index (χ3n) is 3.95. The Bertz CT molecular complexity index is 694. The molecule has 0 radical (unpaired) electrons. The van der Waals surface area contributed by atoms with Gasteiger partial charge in [-0.05, 0) is 24.1 Å². The van der Waals surface area contributed by atoms with Crippen LogP contribution in [0.25, 0.3) is 0 Å². The number of amides is 2. The van der Waals surface area contributed by atoms with E-state index in [2.05, 4.69) is 22.2 Å². The molecule has 0 spiro atoms. The number of anilines is 1. The van der Waals surface area contributed by atoms with Crippen molar-refractivity contribution in [1.82, 2.24) is 14.9 Å². The highest BCUT2D eigenvalue weighted by Crippen LogP contribution is 2.20. The second-order valence-corrected chi connectivity index (χ2v) is 5.54. The minimum Gasteiger partial charge on any atom is -0.336 e. The first-order chi connectivity index (χ1) is 11.2. The fourth-order valence-corrected chi connectivity index (χ4v) is 2.45. The highest BCUT2D eigenvalue weighted by molar-refractivity contribution is 5.97. The summed E-state index contributed by atoms with van der Waals surface area (Å²) >= 11 is 0. The van der Waals surface area contributed by atoms with E-state index in [0.717, 1.165) is 12.1 Å². The number of hydrogen-bond donors (Lipinski definition) is 1. The lowest BCUT2D eigenvalue weighted by molar-refractivity contribution is -0.123. The molecule has 1 saturated heterocycles. The van der Waals surface area contributed by atoms with E-state index in [1.807, 2.05) is 24.3 Å². The molecule has 1 aromatic heterocycles. The SMILES string of the molecule is CCc1ccc(NC(=O)C2CN(C(=O)c3cnccn3)C2)cc1. The average molecular weight is 310 g/mol. The number of rotatable bonds is 4. The van der Waals surface area contributed by atoms with Gasteiger partial charge in [0.15, 0.2) is 0 Å². The van der Waals surface area contributed by atoms with Crippen molar-refractivity contribution in [2.24, 2.45) is 5.92 Å². The van der Waals surface area contributed by atoms with Crippen molar-refractivity contribution >= 4 is 17.5 Å². The van der Waals surface area contributed by atoms with Crippen molar-refractivity contribution in [3.63, 3.8) is 0 Å². The Morgan fingerprint density at radius 1 is 1.22 bits per heavy atom. The summed E-state index contributed by atoms with van der Waals surface area (Å²) in [7, 11) is 0. The molecule has 2 heterocycles. The molecule has 2 amide bonds. The highest BCUT2D eigenvalue weighted by Gasteiger charge is 2.36. The fourth-order valence-electron chi connectivity index (χ4n) is 2.45. The lowest BCUT2D eigenvalue weighted by atomic mass is 9.98. The van der Waals surface area contributed by atoms with E-state index in [4.69, 9.17) is 0 Å². The molecule has 1 fully saturated rings. The van der Waals surface area contributed by atoms with Crippen LogP contribution in [0, 0.1) is 5.92 Å². The molecule has 1 aromatic carbocycles. The molecule has 0 unspecified atom stereocenters. The lowest BCUT2D eigenvalue weighted by Gasteiger charge is -2.37. The van der Waals surface area contributed by atoms with Crippen molar-refractivity contribution in [3.8, 4) is 0 Å². The summed E-state index contributed by atoms with van der Waals surface area (Å²) in [5, 5.41) is 2.89. The van der Waals surface area contributed by atoms with Crippen LogP contribution in [-0.2, 0) is 11.2 Å². The van der Waals surface area contributed by atoms with Gasteiger partial charge in [0.2, 0.25) is 5.91 Å². The Morgan fingerprint density at radius 3 is 2.57 bits per heavy atom. The van der Waals surface area contributed by atoms with Gasteiger partial charge in [-0.2, -0.15) is 0 Å². The molecule has 1 aliphatic heterocycles. The topological polar surface area (TPSA) is 75.2 Å². The number of nitrogens with one attached hydrogen (secondary N) is 1. The second-order valence-electron chi connectivity index (χ2n) is 5.54. The number of nitrogens with zero attached hydrogens (tertiary/aromatic N) is 3. The van der Waals surface area contributed by atoms with Crippen LogP contribution >= 0.6 is 0 Å². The van der Waals surface area contributed by atoms with Crippen LogP contribution < -0.4 is 5.32 Å². The summed E-state index contributed by atoms with van der Waals surface area (Å²) in [5.74, 6) is -0.423. The van der Waals surface area contributed by atoms with Crippen molar-refractivity contribution in [1.29, 1.82) is 0 Å². The minimum atomic E-state index is -0.186. The van der Waals surface area contributed by atoms with Crippen molar-refractivity contribution in [2.75, 3.05) is 18.4 Å². The molecule has 6 nitrogen and oxygen atoms in total. The fraction of sp³-hybridized carbons (Fsp3) is 0.294. The predicted octanol–water partition coefficient (Wildman–Crippen LogP) is 1.75. The smallest absolute Gasteiger partial charge is 0.274 e. The molecule has 6 heteroatoms. The first kappa shape index (κ1) is 15.1. The van der Waals surface area contributed by atoms with Crippen LogP contribution in [-0.4, -0.2) is 39.8 Å². The first-order valence-corrected chi connectivity index (χ1v) is 7.62. The number of benzene rings is 1. The zero-order valence-corrected chi connectivity index (χ0v) is 12.9. The Balaban J connectivity index is 1.52. The summed E-state index contributed by atoms with van der Waals surface area (Å²) in [6.07, 6.45) is 5.41. The van der Waals surface area contributed by atoms with Gasteiger partial charge in [-0.15, -0.1) is 0 Å². The third kappa shape index (κ3) is 3.36. The quantitative estimate of drug-likeness (QED) is 0.933. The predicted molar refractivity (Wildman–Crippen MR) is 85.9 cm³/mol. The molecule has 1 N–H and O–H groups in total. The van der Waals surface area contributed by atoms with Gasteiger partial charge >= 0.3 is 0 Å². The molecule has 0 atom stereocenters. The third-order valence-corrected chi connectivity index (χ3v) is 3.95. The van der Waals surface area contributed by atoms with Crippen LogP contribution in [0.15, 0.2) is 42.9 Å². The van der Waals surface area contributed by atoms with E-state index < -0.39 is 0 Å². The van der Waals surface area contributed by atoms with Crippen LogP contribution in [0.5, 0.6) is 0 Å². The van der Waals surface area contributed by atoms with E-state index in [-0.39, 0.29) is 17.7 Å². The number of carbonyl (C=O) groups is 2. The molecule has 118 valence electrons. The van der Waals surface area contributed by atoms with Crippen LogP contribution in [0.4, 0.5) is 5.69 Å². The summed E-state index contributed by atoms with van der Waals surface area (Å²) in [4.78, 5) is 33.8. The lowest BCUT2D eigenvalue weighted by Crippen LogP contribution is -2.54. The molecular weight excluding hydrogens is 292 g/mol. The second kappa shape index (κ2) is 6.56. The van der Waals surface area contributed by atoms with Crippen LogP contribution in [0.2, 0.25) is 0 Å². The maximum Gasteiger partial charge on any atom is 0.274 e. The molecule has 0 bridgehead atoms. The van der Waals surface area contributed by atoms with E-state index in [9.17, 15) is 9.59 Å². The molecule has 1 aliphatic rings. The number of likely N-dealkylation sites (tertiary alicyclic amines) is 1. The Kier molecular flexibility index (Phi) is 4.32. The van der Waals surface area contributed by atoms with E-state index in [1.165, 1.54) is 24.2 Å². The molecule has 23 heavy (non-hydrogen) atoms. The first-order valence-electron chi connectivity index (χ1n) is 7.62. The van der Waals surface area contributed by atoms with Gasteiger partial charge < -0.3 is 10.2 Å². The van der Waals surface area contributed by atoms with Crippen molar-refractivity contribution < 1.29 is 9.59 Å². The van der Waals surface area contributed by atoms with Gasteiger partial charge in [-0.25, -0.2) is 4.98 Å². The molecule has 0 saturated carbocycles. The zero-order valence-electron chi connectivity index (χ0n) is 12.9. The summed E-state index contributed by atoms with van der Waals surface area (Å²) in [6.45, 7) is 2.91. The van der Waals surface area contributed by atoms with E-state index in [1.54, 1.807) is 4.90 Å². The summed E-state index contributed by atoms with van der Waals surface area (Å²) in [6, 6.07) is 7.80. The highest BCUT2D eigenvalue weighted by atomic mass is 16.2. The van der Waals surface area contributed by atoms with Crippen LogP contribution in [0.1, 0.15) is 23.0 Å². The van der Waals surface area contributed by atoms with Crippen molar-refractivity contribution in [2.45, 2.75) is 13.3 Å². The molecule has 0 aliphatic carbocycles. The number of carbonyl (C=O) groups excluding carboxylic acids is 2. The maximum absolute atomic E-state index is 12.2. The Hall–Kier alpha value is -2.76.